The van der Waals surface area contributed by atoms with Gasteiger partial charge in [-0.05, 0) is 18.1 Å². The molecule has 84 valence electrons. The molecule has 1 N–H and O–H groups in total. The normalized spacial score (nSPS) is 9.94. The third-order valence-electron chi connectivity index (χ3n) is 2.59. The Morgan fingerprint density at radius 1 is 0.882 bits per heavy atom. The Kier molecular flexibility index (Phi) is 3.15. The summed E-state index contributed by atoms with van der Waals surface area (Å²) in [5.41, 5.74) is 2.83. The van der Waals surface area contributed by atoms with E-state index in [-0.39, 0.29) is 11.5 Å². The molecule has 0 aliphatic carbocycles. The first-order valence-electron chi connectivity index (χ1n) is 5.44. The molecule has 0 fully saturated rings. The van der Waals surface area contributed by atoms with E-state index >= 15 is 0 Å². The van der Waals surface area contributed by atoms with Gasteiger partial charge in [0.25, 0.3) is 0 Å². The molecule has 2 rings (SSSR count). The first kappa shape index (κ1) is 11.3. The maximum absolute atomic E-state index is 11.6. The molecule has 0 aliphatic rings. The van der Waals surface area contributed by atoms with Crippen molar-refractivity contribution in [1.29, 1.82) is 5.41 Å². The second kappa shape index (κ2) is 4.74. The summed E-state index contributed by atoms with van der Waals surface area (Å²) in [4.78, 5) is 11.6. The van der Waals surface area contributed by atoms with Gasteiger partial charge in [0.15, 0.2) is 0 Å². The summed E-state index contributed by atoms with van der Waals surface area (Å²) < 4.78 is 0. The second-order valence-electron chi connectivity index (χ2n) is 3.90. The first-order valence-corrected chi connectivity index (χ1v) is 5.44. The summed E-state index contributed by atoms with van der Waals surface area (Å²) >= 11 is 0. The van der Waals surface area contributed by atoms with Crippen molar-refractivity contribution in [3.8, 4) is 11.1 Å². The molecule has 0 aliphatic heterocycles. The minimum atomic E-state index is -0.218. The zero-order valence-corrected chi connectivity index (χ0v) is 9.60. The molecule has 0 radical (unpaired) electrons. The van der Waals surface area contributed by atoms with Crippen LogP contribution in [0.1, 0.15) is 17.3 Å². The average molecular weight is 223 g/mol. The minimum absolute atomic E-state index is 0.0671. The molecule has 2 aromatic rings. The fourth-order valence-corrected chi connectivity index (χ4v) is 1.66. The van der Waals surface area contributed by atoms with Crippen molar-refractivity contribution in [1.82, 2.24) is 0 Å². The van der Waals surface area contributed by atoms with E-state index in [1.807, 2.05) is 42.5 Å². The number of rotatable bonds is 3. The molecule has 0 amide bonds. The van der Waals surface area contributed by atoms with Crippen LogP contribution in [-0.4, -0.2) is 11.5 Å². The third kappa shape index (κ3) is 2.48. The molecule has 2 heteroatoms. The van der Waals surface area contributed by atoms with Crippen LogP contribution in [0.5, 0.6) is 0 Å². The third-order valence-corrected chi connectivity index (χ3v) is 2.59. The van der Waals surface area contributed by atoms with E-state index in [1.54, 1.807) is 12.1 Å². The highest BCUT2D eigenvalue weighted by molar-refractivity contribution is 6.44. The van der Waals surface area contributed by atoms with Crippen LogP contribution in [0.2, 0.25) is 0 Å². The van der Waals surface area contributed by atoms with Crippen LogP contribution in [0.4, 0.5) is 0 Å². The molecule has 0 aromatic heterocycles. The van der Waals surface area contributed by atoms with Gasteiger partial charge in [-0.25, -0.2) is 0 Å². The molecule has 0 heterocycles. The van der Waals surface area contributed by atoms with Crippen molar-refractivity contribution in [2.45, 2.75) is 6.92 Å². The number of Topliss-reactive ketones (excluding diaryl/α,β-unsaturated/α-hetero) is 1. The Hall–Kier alpha value is -2.22. The Bertz CT molecular complexity index is 541. The fourth-order valence-electron chi connectivity index (χ4n) is 1.66. The van der Waals surface area contributed by atoms with Crippen LogP contribution in [0, 0.1) is 5.41 Å². The van der Waals surface area contributed by atoms with Gasteiger partial charge in [0.1, 0.15) is 0 Å². The highest BCUT2D eigenvalue weighted by Gasteiger charge is 2.07. The second-order valence-corrected chi connectivity index (χ2v) is 3.90. The van der Waals surface area contributed by atoms with E-state index in [1.165, 1.54) is 6.92 Å². The predicted molar refractivity (Wildman–Crippen MR) is 69.6 cm³/mol. The Balaban J connectivity index is 2.31. The molecule has 0 saturated carbocycles. The topological polar surface area (TPSA) is 40.9 Å². The molecular weight excluding hydrogens is 210 g/mol. The monoisotopic (exact) mass is 223 g/mol. The summed E-state index contributed by atoms with van der Waals surface area (Å²) in [6.07, 6.45) is 0. The van der Waals surface area contributed by atoms with E-state index in [9.17, 15) is 4.79 Å². The number of nitrogens with one attached hydrogen (secondary N) is 1. The molecule has 0 saturated heterocycles. The Labute approximate surface area is 100 Å². The highest BCUT2D eigenvalue weighted by Crippen LogP contribution is 2.19. The maximum atomic E-state index is 11.6. The highest BCUT2D eigenvalue weighted by atomic mass is 16.1. The molecule has 0 unspecified atom stereocenters. The van der Waals surface area contributed by atoms with Gasteiger partial charge in [0, 0.05) is 5.56 Å². The summed E-state index contributed by atoms with van der Waals surface area (Å²) in [5.74, 6) is -0.218. The van der Waals surface area contributed by atoms with Gasteiger partial charge in [-0.2, -0.15) is 0 Å². The van der Waals surface area contributed by atoms with E-state index < -0.39 is 0 Å². The average Bonchev–Trinajstić information content (AvgIpc) is 2.39. The van der Waals surface area contributed by atoms with Crippen molar-refractivity contribution in [2.75, 3.05) is 0 Å². The van der Waals surface area contributed by atoms with Crippen molar-refractivity contribution in [3.05, 3.63) is 60.2 Å². The van der Waals surface area contributed by atoms with Gasteiger partial charge in [-0.3, -0.25) is 4.79 Å². The van der Waals surface area contributed by atoms with Crippen LogP contribution in [-0.2, 0) is 0 Å². The summed E-state index contributed by atoms with van der Waals surface area (Å²) in [6.45, 7) is 1.51. The quantitative estimate of drug-likeness (QED) is 0.627. The van der Waals surface area contributed by atoms with Crippen LogP contribution in [0.3, 0.4) is 0 Å². The smallest absolute Gasteiger partial charge is 0.206 e. The van der Waals surface area contributed by atoms with Crippen molar-refractivity contribution in [2.24, 2.45) is 0 Å². The zero-order chi connectivity index (χ0) is 12.3. The lowest BCUT2D eigenvalue weighted by Crippen LogP contribution is -2.08. The van der Waals surface area contributed by atoms with Crippen LogP contribution in [0.25, 0.3) is 11.1 Å². The molecule has 0 bridgehead atoms. The van der Waals surface area contributed by atoms with E-state index in [0.29, 0.717) is 5.56 Å². The molecule has 0 spiro atoms. The molecule has 2 aromatic carbocycles. The fraction of sp³-hybridized carbons (Fsp3) is 0.0667. The van der Waals surface area contributed by atoms with Gasteiger partial charge in [-0.1, -0.05) is 54.6 Å². The van der Waals surface area contributed by atoms with Gasteiger partial charge < -0.3 is 5.41 Å². The van der Waals surface area contributed by atoms with Crippen molar-refractivity contribution in [3.63, 3.8) is 0 Å². The number of ketones is 1. The Morgan fingerprint density at radius 3 is 1.94 bits per heavy atom. The lowest BCUT2D eigenvalue weighted by molar-refractivity contribution is 0.106. The predicted octanol–water partition coefficient (Wildman–Crippen LogP) is 3.58. The molecule has 0 atom stereocenters. The summed E-state index contributed by atoms with van der Waals surface area (Å²) in [5, 5.41) is 7.31. The maximum Gasteiger partial charge on any atom is 0.206 e. The SMILES string of the molecule is CC(=N)C(=O)c1ccc(-c2ccccc2)cc1. The van der Waals surface area contributed by atoms with Gasteiger partial charge >= 0.3 is 0 Å². The lowest BCUT2D eigenvalue weighted by atomic mass is 10.0. The van der Waals surface area contributed by atoms with Crippen LogP contribution >= 0.6 is 0 Å². The molecule has 17 heavy (non-hydrogen) atoms. The number of benzene rings is 2. The lowest BCUT2D eigenvalue weighted by Gasteiger charge is -2.03. The van der Waals surface area contributed by atoms with E-state index in [0.717, 1.165) is 11.1 Å². The van der Waals surface area contributed by atoms with Gasteiger partial charge in [-0.15, -0.1) is 0 Å². The van der Waals surface area contributed by atoms with Crippen LogP contribution in [0.15, 0.2) is 54.6 Å². The number of carbonyl (C=O) groups is 1. The Morgan fingerprint density at radius 2 is 1.41 bits per heavy atom. The van der Waals surface area contributed by atoms with Gasteiger partial charge in [0.2, 0.25) is 5.78 Å². The summed E-state index contributed by atoms with van der Waals surface area (Å²) in [7, 11) is 0. The van der Waals surface area contributed by atoms with E-state index in [4.69, 9.17) is 5.41 Å². The molecular formula is C15H13NO. The zero-order valence-electron chi connectivity index (χ0n) is 9.60. The number of carbonyl (C=O) groups excluding carboxylic acids is 1. The van der Waals surface area contributed by atoms with Crippen molar-refractivity contribution >= 4 is 11.5 Å². The number of hydrogen-bond donors (Lipinski definition) is 1. The largest absolute Gasteiger partial charge is 0.302 e. The van der Waals surface area contributed by atoms with Crippen LogP contribution < -0.4 is 0 Å². The number of hydrogen-bond acceptors (Lipinski definition) is 2. The minimum Gasteiger partial charge on any atom is -0.302 e. The van der Waals surface area contributed by atoms with Gasteiger partial charge in [0.05, 0.1) is 5.71 Å². The standard InChI is InChI=1S/C15H13NO/c1-11(16)15(17)14-9-7-13(8-10-14)12-5-3-2-4-6-12/h2-10,16H,1H3. The summed E-state index contributed by atoms with van der Waals surface area (Å²) in [6, 6.07) is 17.3. The molecule has 2 nitrogen and oxygen atoms in total. The van der Waals surface area contributed by atoms with E-state index in [2.05, 4.69) is 0 Å². The first-order chi connectivity index (χ1) is 8.18. The van der Waals surface area contributed by atoms with Crippen molar-refractivity contribution < 1.29 is 4.79 Å².